The summed E-state index contributed by atoms with van der Waals surface area (Å²) in [5.74, 6) is 0.473. The number of benzene rings is 2. The summed E-state index contributed by atoms with van der Waals surface area (Å²) in [5.41, 5.74) is 1.57. The summed E-state index contributed by atoms with van der Waals surface area (Å²) in [7, 11) is 0. The largest absolute Gasteiger partial charge is 0.486 e. The Morgan fingerprint density at radius 1 is 1.00 bits per heavy atom. The maximum absolute atomic E-state index is 12.4. The molecular formula is C17H16F3NO2S. The number of halogens is 3. The van der Waals surface area contributed by atoms with E-state index in [0.29, 0.717) is 41.8 Å². The van der Waals surface area contributed by atoms with Gasteiger partial charge in [0, 0.05) is 22.7 Å². The lowest BCUT2D eigenvalue weighted by molar-refractivity contribution is -0.105. The number of ether oxygens (including phenoxy) is 2. The van der Waals surface area contributed by atoms with Gasteiger partial charge in [0.15, 0.2) is 11.5 Å². The van der Waals surface area contributed by atoms with E-state index < -0.39 is 11.9 Å². The first-order chi connectivity index (χ1) is 11.5. The second kappa shape index (κ2) is 7.25. The number of thioether (sulfide) groups is 1. The van der Waals surface area contributed by atoms with E-state index in [2.05, 4.69) is 5.32 Å². The van der Waals surface area contributed by atoms with E-state index in [1.807, 2.05) is 18.2 Å². The first-order valence-electron chi connectivity index (χ1n) is 7.43. The van der Waals surface area contributed by atoms with E-state index in [1.54, 1.807) is 24.3 Å². The fourth-order valence-electron chi connectivity index (χ4n) is 2.36. The molecule has 1 aliphatic rings. The molecule has 0 radical (unpaired) electrons. The maximum Gasteiger partial charge on any atom is 0.398 e. The Morgan fingerprint density at radius 3 is 2.62 bits per heavy atom. The first kappa shape index (κ1) is 16.8. The zero-order valence-electron chi connectivity index (χ0n) is 12.7. The van der Waals surface area contributed by atoms with E-state index in [1.165, 1.54) is 0 Å². The molecule has 128 valence electrons. The van der Waals surface area contributed by atoms with Crippen molar-refractivity contribution in [2.75, 3.05) is 24.3 Å². The summed E-state index contributed by atoms with van der Waals surface area (Å²) in [6, 6.07) is 12.6. The molecule has 0 fully saturated rings. The molecule has 7 heteroatoms. The molecule has 24 heavy (non-hydrogen) atoms. The lowest BCUT2D eigenvalue weighted by Gasteiger charge is -2.21. The third kappa shape index (κ3) is 4.29. The van der Waals surface area contributed by atoms with E-state index in [-0.39, 0.29) is 0 Å². The number of hydrogen-bond acceptors (Lipinski definition) is 4. The quantitative estimate of drug-likeness (QED) is 0.786. The normalized spacial score (nSPS) is 13.6. The van der Waals surface area contributed by atoms with Crippen molar-refractivity contribution >= 4 is 17.4 Å². The highest BCUT2D eigenvalue weighted by Gasteiger charge is 2.27. The summed E-state index contributed by atoms with van der Waals surface area (Å²) in [6.45, 7) is 1.44. The van der Waals surface area contributed by atoms with Crippen LogP contribution in [0.2, 0.25) is 0 Å². The van der Waals surface area contributed by atoms with E-state index in [4.69, 9.17) is 9.47 Å². The number of hydrogen-bond donors (Lipinski definition) is 1. The van der Waals surface area contributed by atoms with Crippen LogP contribution in [-0.4, -0.2) is 25.1 Å². The van der Waals surface area contributed by atoms with Crippen LogP contribution in [0.5, 0.6) is 11.5 Å². The topological polar surface area (TPSA) is 30.5 Å². The Kier molecular flexibility index (Phi) is 5.08. The van der Waals surface area contributed by atoms with Gasteiger partial charge < -0.3 is 14.8 Å². The van der Waals surface area contributed by atoms with Gasteiger partial charge in [-0.15, -0.1) is 11.8 Å². The summed E-state index contributed by atoms with van der Waals surface area (Å²) < 4.78 is 48.5. The van der Waals surface area contributed by atoms with Crippen LogP contribution in [0, 0.1) is 0 Å². The zero-order valence-corrected chi connectivity index (χ0v) is 13.5. The minimum atomic E-state index is -4.19. The molecule has 0 aliphatic carbocycles. The average Bonchev–Trinajstić information content (AvgIpc) is 2.58. The molecule has 2 aromatic carbocycles. The van der Waals surface area contributed by atoms with Gasteiger partial charge in [0.05, 0.1) is 5.75 Å². The van der Waals surface area contributed by atoms with Crippen LogP contribution in [0.4, 0.5) is 18.9 Å². The van der Waals surface area contributed by atoms with Gasteiger partial charge in [0.2, 0.25) is 0 Å². The van der Waals surface area contributed by atoms with Crippen molar-refractivity contribution in [3.8, 4) is 11.5 Å². The summed E-state index contributed by atoms with van der Waals surface area (Å²) >= 11 is 0.774. The SMILES string of the molecule is FC(F)(F)CSc1ccccc1NCc1cccc2c1OCCO2. The minimum Gasteiger partial charge on any atom is -0.486 e. The molecule has 1 N–H and O–H groups in total. The van der Waals surface area contributed by atoms with Crippen molar-refractivity contribution in [1.82, 2.24) is 0 Å². The molecule has 0 aromatic heterocycles. The standard InChI is InChI=1S/C17H16F3NO2S/c18-17(19,20)11-24-15-7-2-1-5-13(15)21-10-12-4-3-6-14-16(12)23-9-8-22-14/h1-7,21H,8-11H2. The van der Waals surface area contributed by atoms with Crippen molar-refractivity contribution in [3.63, 3.8) is 0 Å². The van der Waals surface area contributed by atoms with Gasteiger partial charge in [-0.3, -0.25) is 0 Å². The molecule has 2 aromatic rings. The second-order valence-corrected chi connectivity index (χ2v) is 6.21. The highest BCUT2D eigenvalue weighted by molar-refractivity contribution is 7.99. The van der Waals surface area contributed by atoms with Crippen LogP contribution in [0.25, 0.3) is 0 Å². The summed E-state index contributed by atoms with van der Waals surface area (Å²) in [4.78, 5) is 0.566. The molecule has 3 nitrogen and oxygen atoms in total. The molecule has 0 bridgehead atoms. The van der Waals surface area contributed by atoms with E-state index in [0.717, 1.165) is 17.3 Å². The number of nitrogens with one attached hydrogen (secondary N) is 1. The van der Waals surface area contributed by atoms with Crippen molar-refractivity contribution in [2.24, 2.45) is 0 Å². The van der Waals surface area contributed by atoms with Crippen molar-refractivity contribution in [2.45, 2.75) is 17.6 Å². The highest BCUT2D eigenvalue weighted by Crippen LogP contribution is 2.35. The Bertz CT molecular complexity index is 706. The third-order valence-corrected chi connectivity index (χ3v) is 4.53. The number of rotatable bonds is 5. The van der Waals surface area contributed by atoms with Crippen molar-refractivity contribution in [3.05, 3.63) is 48.0 Å². The highest BCUT2D eigenvalue weighted by atomic mass is 32.2. The fraction of sp³-hybridized carbons (Fsp3) is 0.294. The smallest absolute Gasteiger partial charge is 0.398 e. The lowest BCUT2D eigenvalue weighted by atomic mass is 10.1. The molecule has 3 rings (SSSR count). The monoisotopic (exact) mass is 355 g/mol. The number of alkyl halides is 3. The Hall–Kier alpha value is -2.02. The molecule has 0 saturated heterocycles. The van der Waals surface area contributed by atoms with Gasteiger partial charge in [-0.2, -0.15) is 13.2 Å². The molecule has 0 saturated carbocycles. The van der Waals surface area contributed by atoms with Crippen LogP contribution in [-0.2, 0) is 6.54 Å². The predicted molar refractivity (Wildman–Crippen MR) is 88.0 cm³/mol. The molecule has 0 unspecified atom stereocenters. The first-order valence-corrected chi connectivity index (χ1v) is 8.41. The van der Waals surface area contributed by atoms with Crippen LogP contribution in [0.15, 0.2) is 47.4 Å². The minimum absolute atomic E-state index is 0.441. The Morgan fingerprint density at radius 2 is 1.79 bits per heavy atom. The third-order valence-electron chi connectivity index (χ3n) is 3.40. The molecule has 0 amide bonds. The van der Waals surface area contributed by atoms with Gasteiger partial charge in [-0.05, 0) is 18.2 Å². The Labute approximate surface area is 142 Å². The number of fused-ring (bicyclic) bond motifs is 1. The van der Waals surface area contributed by atoms with Gasteiger partial charge in [-0.1, -0.05) is 24.3 Å². The van der Waals surface area contributed by atoms with E-state index >= 15 is 0 Å². The molecule has 1 aliphatic heterocycles. The number of para-hydroxylation sites is 2. The van der Waals surface area contributed by atoms with Crippen molar-refractivity contribution < 1.29 is 22.6 Å². The van der Waals surface area contributed by atoms with Crippen LogP contribution >= 0.6 is 11.8 Å². The molecular weight excluding hydrogens is 339 g/mol. The average molecular weight is 355 g/mol. The second-order valence-electron chi connectivity index (χ2n) is 5.19. The molecule has 0 atom stereocenters. The molecule has 1 heterocycles. The van der Waals surface area contributed by atoms with Crippen LogP contribution < -0.4 is 14.8 Å². The lowest BCUT2D eigenvalue weighted by Crippen LogP contribution is -2.17. The van der Waals surface area contributed by atoms with Gasteiger partial charge >= 0.3 is 6.18 Å². The number of anilines is 1. The summed E-state index contributed by atoms with van der Waals surface area (Å²) in [5, 5.41) is 3.19. The van der Waals surface area contributed by atoms with Gasteiger partial charge in [0.1, 0.15) is 13.2 Å². The van der Waals surface area contributed by atoms with E-state index in [9.17, 15) is 13.2 Å². The molecule has 0 spiro atoms. The van der Waals surface area contributed by atoms with Crippen molar-refractivity contribution in [1.29, 1.82) is 0 Å². The van der Waals surface area contributed by atoms with Gasteiger partial charge in [0.25, 0.3) is 0 Å². The fourth-order valence-corrected chi connectivity index (χ4v) is 3.15. The van der Waals surface area contributed by atoms with Crippen LogP contribution in [0.3, 0.4) is 0 Å². The van der Waals surface area contributed by atoms with Gasteiger partial charge in [-0.25, -0.2) is 0 Å². The maximum atomic E-state index is 12.4. The van der Waals surface area contributed by atoms with Crippen LogP contribution in [0.1, 0.15) is 5.56 Å². The predicted octanol–water partition coefficient (Wildman–Crippen LogP) is 4.72. The Balaban J connectivity index is 1.71. The summed E-state index contributed by atoms with van der Waals surface area (Å²) in [6.07, 6.45) is -4.19. The zero-order chi connectivity index (χ0) is 17.0.